The van der Waals surface area contributed by atoms with Gasteiger partial charge in [0.1, 0.15) is 6.17 Å². The zero-order chi connectivity index (χ0) is 5.98. The fourth-order valence-corrected chi connectivity index (χ4v) is 0.801. The number of amides is 1. The largest absolute Gasteiger partial charge is 0.331 e. The number of alkyl halides is 1. The fourth-order valence-electron chi connectivity index (χ4n) is 0.801. The third kappa shape index (κ3) is 0.967. The van der Waals surface area contributed by atoms with E-state index >= 15 is 0 Å². The molecule has 0 aromatic rings. The third-order valence-corrected chi connectivity index (χ3v) is 1.26. The van der Waals surface area contributed by atoms with Crippen molar-refractivity contribution in [3.63, 3.8) is 0 Å². The number of hydrogen-bond donors (Lipinski definition) is 0. The average Bonchev–Trinajstić information content (AvgIpc) is 2.14. The summed E-state index contributed by atoms with van der Waals surface area (Å²) in [4.78, 5) is 11.1. The maximum atomic E-state index is 12.1. The SMILES string of the molecule is O=[C]N1CCC(F)C1. The van der Waals surface area contributed by atoms with Crippen LogP contribution >= 0.6 is 0 Å². The van der Waals surface area contributed by atoms with Crippen LogP contribution in [-0.2, 0) is 4.79 Å². The Bertz CT molecular complexity index is 96.4. The van der Waals surface area contributed by atoms with Crippen LogP contribution < -0.4 is 0 Å². The summed E-state index contributed by atoms with van der Waals surface area (Å²) in [6, 6.07) is 0. The first-order valence-corrected chi connectivity index (χ1v) is 2.59. The van der Waals surface area contributed by atoms with Crippen molar-refractivity contribution in [3.8, 4) is 0 Å². The zero-order valence-corrected chi connectivity index (χ0v) is 4.43. The van der Waals surface area contributed by atoms with E-state index in [2.05, 4.69) is 0 Å². The molecule has 1 radical (unpaired) electrons. The van der Waals surface area contributed by atoms with E-state index in [0.717, 1.165) is 0 Å². The van der Waals surface area contributed by atoms with Crippen molar-refractivity contribution in [1.29, 1.82) is 0 Å². The van der Waals surface area contributed by atoms with Crippen molar-refractivity contribution >= 4 is 6.41 Å². The van der Waals surface area contributed by atoms with Crippen LogP contribution in [0.4, 0.5) is 4.39 Å². The standard InChI is InChI=1S/C5H7FNO/c6-5-1-2-7(3-5)4-8/h5H,1-3H2. The molecule has 0 aromatic heterocycles. The predicted molar refractivity (Wildman–Crippen MR) is 26.8 cm³/mol. The molecular formula is C5H7FNO. The summed E-state index contributed by atoms with van der Waals surface area (Å²) in [5, 5.41) is 0. The highest BCUT2D eigenvalue weighted by Gasteiger charge is 2.19. The van der Waals surface area contributed by atoms with E-state index in [4.69, 9.17) is 0 Å². The number of rotatable bonds is 1. The second kappa shape index (κ2) is 2.11. The Labute approximate surface area is 47.3 Å². The van der Waals surface area contributed by atoms with Crippen molar-refractivity contribution in [2.75, 3.05) is 13.1 Å². The molecule has 45 valence electrons. The summed E-state index contributed by atoms with van der Waals surface area (Å²) in [6.07, 6.45) is 1.31. The minimum Gasteiger partial charge on any atom is -0.331 e. The Hall–Kier alpha value is -0.600. The predicted octanol–water partition coefficient (Wildman–Crippen LogP) is 0.0974. The van der Waals surface area contributed by atoms with Crippen molar-refractivity contribution in [2.45, 2.75) is 12.6 Å². The van der Waals surface area contributed by atoms with Crippen LogP contribution in [0, 0.1) is 0 Å². The number of hydrogen-bond acceptors (Lipinski definition) is 1. The highest BCUT2D eigenvalue weighted by Crippen LogP contribution is 2.08. The van der Waals surface area contributed by atoms with Gasteiger partial charge in [0.2, 0.25) is 0 Å². The minimum absolute atomic E-state index is 0.240. The number of carbonyl (C=O) groups excluding carboxylic acids is 1. The van der Waals surface area contributed by atoms with E-state index in [9.17, 15) is 9.18 Å². The quantitative estimate of drug-likeness (QED) is 0.475. The number of halogens is 1. The summed E-state index contributed by atoms with van der Waals surface area (Å²) >= 11 is 0. The number of likely N-dealkylation sites (tertiary alicyclic amines) is 1. The summed E-state index contributed by atoms with van der Waals surface area (Å²) in [5.41, 5.74) is 0. The van der Waals surface area contributed by atoms with Gasteiger partial charge in [-0.2, -0.15) is 0 Å². The van der Waals surface area contributed by atoms with Crippen molar-refractivity contribution < 1.29 is 9.18 Å². The minimum atomic E-state index is -0.809. The van der Waals surface area contributed by atoms with Gasteiger partial charge < -0.3 is 4.90 Å². The molecule has 0 aromatic carbocycles. The molecule has 1 unspecified atom stereocenters. The van der Waals surface area contributed by atoms with Crippen molar-refractivity contribution in [1.82, 2.24) is 4.90 Å². The lowest BCUT2D eigenvalue weighted by atomic mass is 10.4. The molecule has 3 heteroatoms. The molecule has 0 spiro atoms. The zero-order valence-electron chi connectivity index (χ0n) is 4.43. The van der Waals surface area contributed by atoms with Crippen LogP contribution in [0.2, 0.25) is 0 Å². The van der Waals surface area contributed by atoms with Gasteiger partial charge in [0, 0.05) is 6.54 Å². The van der Waals surface area contributed by atoms with Crippen LogP contribution in [0.3, 0.4) is 0 Å². The highest BCUT2D eigenvalue weighted by atomic mass is 19.1. The molecule has 1 saturated heterocycles. The average molecular weight is 116 g/mol. The molecular weight excluding hydrogens is 109 g/mol. The van der Waals surface area contributed by atoms with Gasteiger partial charge in [0.25, 0.3) is 0 Å². The lowest BCUT2D eigenvalue weighted by Crippen LogP contribution is -2.18. The molecule has 1 fully saturated rings. The summed E-state index contributed by atoms with van der Waals surface area (Å²) < 4.78 is 12.1. The van der Waals surface area contributed by atoms with Gasteiger partial charge in [0.15, 0.2) is 0 Å². The smallest absolute Gasteiger partial charge is 0.312 e. The van der Waals surface area contributed by atoms with E-state index in [-0.39, 0.29) is 6.54 Å². The van der Waals surface area contributed by atoms with Crippen LogP contribution in [0.25, 0.3) is 0 Å². The number of nitrogens with zero attached hydrogens (tertiary/aromatic N) is 1. The van der Waals surface area contributed by atoms with Crippen LogP contribution in [0.1, 0.15) is 6.42 Å². The Morgan fingerprint density at radius 2 is 2.50 bits per heavy atom. The van der Waals surface area contributed by atoms with Gasteiger partial charge >= 0.3 is 6.41 Å². The van der Waals surface area contributed by atoms with Crippen LogP contribution in [-0.4, -0.2) is 30.6 Å². The molecule has 1 rings (SSSR count). The molecule has 2 nitrogen and oxygen atoms in total. The molecule has 1 heterocycles. The van der Waals surface area contributed by atoms with E-state index in [1.165, 1.54) is 4.90 Å². The van der Waals surface area contributed by atoms with E-state index in [1.807, 2.05) is 0 Å². The fraction of sp³-hybridized carbons (Fsp3) is 0.800. The summed E-state index contributed by atoms with van der Waals surface area (Å²) in [7, 11) is 0. The van der Waals surface area contributed by atoms with Gasteiger partial charge in [-0.3, -0.25) is 4.79 Å². The Balaban J connectivity index is 2.32. The first-order chi connectivity index (χ1) is 3.83. The lowest BCUT2D eigenvalue weighted by Gasteiger charge is -2.01. The second-order valence-electron chi connectivity index (χ2n) is 1.92. The third-order valence-electron chi connectivity index (χ3n) is 1.26. The highest BCUT2D eigenvalue weighted by molar-refractivity contribution is 5.48. The monoisotopic (exact) mass is 116 g/mol. The van der Waals surface area contributed by atoms with Gasteiger partial charge in [-0.1, -0.05) is 0 Å². The van der Waals surface area contributed by atoms with Crippen molar-refractivity contribution in [2.24, 2.45) is 0 Å². The first-order valence-electron chi connectivity index (χ1n) is 2.59. The normalized spacial score (nSPS) is 28.6. The Kier molecular flexibility index (Phi) is 1.46. The molecule has 1 aliphatic rings. The first kappa shape index (κ1) is 5.54. The second-order valence-corrected chi connectivity index (χ2v) is 1.92. The molecule has 1 aliphatic heterocycles. The van der Waals surface area contributed by atoms with Crippen LogP contribution in [0.15, 0.2) is 0 Å². The molecule has 0 bridgehead atoms. The topological polar surface area (TPSA) is 20.3 Å². The molecule has 1 amide bonds. The van der Waals surface area contributed by atoms with Crippen molar-refractivity contribution in [3.05, 3.63) is 0 Å². The summed E-state index contributed by atoms with van der Waals surface area (Å²) in [6.45, 7) is 0.772. The van der Waals surface area contributed by atoms with E-state index in [0.29, 0.717) is 13.0 Å². The van der Waals surface area contributed by atoms with Gasteiger partial charge in [0.05, 0.1) is 6.54 Å². The van der Waals surface area contributed by atoms with E-state index < -0.39 is 6.17 Å². The Morgan fingerprint density at radius 1 is 1.75 bits per heavy atom. The molecule has 1 atom stereocenters. The molecule has 0 N–H and O–H groups in total. The van der Waals surface area contributed by atoms with Gasteiger partial charge in [-0.15, -0.1) is 0 Å². The Morgan fingerprint density at radius 3 is 2.75 bits per heavy atom. The lowest BCUT2D eigenvalue weighted by molar-refractivity contribution is 0.336. The van der Waals surface area contributed by atoms with Gasteiger partial charge in [-0.25, -0.2) is 4.39 Å². The molecule has 8 heavy (non-hydrogen) atoms. The molecule has 0 aliphatic carbocycles. The maximum Gasteiger partial charge on any atom is 0.312 e. The van der Waals surface area contributed by atoms with Crippen LogP contribution in [0.5, 0.6) is 0 Å². The molecule has 0 saturated carbocycles. The maximum absolute atomic E-state index is 12.1. The summed E-state index contributed by atoms with van der Waals surface area (Å²) in [5.74, 6) is 0. The van der Waals surface area contributed by atoms with Gasteiger partial charge in [-0.05, 0) is 6.42 Å². The van der Waals surface area contributed by atoms with E-state index in [1.54, 1.807) is 6.41 Å².